The molecule has 0 radical (unpaired) electrons. The second kappa shape index (κ2) is 5.65. The van der Waals surface area contributed by atoms with Gasteiger partial charge in [0.2, 0.25) is 0 Å². The first-order valence-corrected chi connectivity index (χ1v) is 6.91. The summed E-state index contributed by atoms with van der Waals surface area (Å²) in [6, 6.07) is 0. The van der Waals surface area contributed by atoms with Gasteiger partial charge in [0.1, 0.15) is 0 Å². The molecule has 1 aliphatic rings. The fourth-order valence-electron chi connectivity index (χ4n) is 3.24. The van der Waals surface area contributed by atoms with E-state index in [0.29, 0.717) is 0 Å². The molecule has 0 spiro atoms. The first-order chi connectivity index (χ1) is 10.2. The van der Waals surface area contributed by atoms with E-state index in [4.69, 9.17) is 0 Å². The summed E-state index contributed by atoms with van der Waals surface area (Å²) in [5.74, 6) is 0. The molecule has 0 saturated carbocycles. The van der Waals surface area contributed by atoms with Crippen LogP contribution in [-0.4, -0.2) is 41.3 Å². The zero-order chi connectivity index (χ0) is 19.4. The number of hydrogen-bond acceptors (Lipinski definition) is 2. The Morgan fingerprint density at radius 2 is 1.00 bits per heavy atom. The van der Waals surface area contributed by atoms with Crippen LogP contribution in [0.15, 0.2) is 0 Å². The third-order valence-electron chi connectivity index (χ3n) is 3.69. The third-order valence-corrected chi connectivity index (χ3v) is 3.69. The lowest BCUT2D eigenvalue weighted by Gasteiger charge is -2.49. The van der Waals surface area contributed by atoms with Gasteiger partial charge >= 0.3 is 24.1 Å². The Hall–Kier alpha value is -0.710. The van der Waals surface area contributed by atoms with E-state index < -0.39 is 54.2 Å². The van der Waals surface area contributed by atoms with Crippen LogP contribution in [0.3, 0.4) is 0 Å². The van der Waals surface area contributed by atoms with Gasteiger partial charge in [-0.05, 0) is 40.5 Å². The summed E-state index contributed by atoms with van der Waals surface area (Å²) in [5, 5.41) is 2.94. The van der Waals surface area contributed by atoms with Gasteiger partial charge in [-0.1, -0.05) is 0 Å². The van der Waals surface area contributed by atoms with E-state index in [2.05, 4.69) is 10.1 Å². The highest BCUT2D eigenvalue weighted by atomic mass is 19.4. The number of ether oxygens (including phenoxy) is 1. The van der Waals surface area contributed by atoms with Crippen molar-refractivity contribution in [2.24, 2.45) is 0 Å². The smallest absolute Gasteiger partial charge is 0.348 e. The largest absolute Gasteiger partial charge is 0.435 e. The molecule has 1 fully saturated rings. The summed E-state index contributed by atoms with van der Waals surface area (Å²) in [7, 11) is 0. The fraction of sp³-hybridized carbons (Fsp3) is 1.00. The van der Waals surface area contributed by atoms with Gasteiger partial charge in [0, 0.05) is 11.1 Å². The number of nitrogens with one attached hydrogen (secondary N) is 1. The lowest BCUT2D eigenvalue weighted by atomic mass is 9.80. The summed E-state index contributed by atoms with van der Waals surface area (Å²) in [5.41, 5.74) is -8.22. The summed E-state index contributed by atoms with van der Waals surface area (Å²) < 4.78 is 120. The minimum Gasteiger partial charge on any atom is -0.348 e. The first kappa shape index (κ1) is 21.3. The van der Waals surface area contributed by atoms with Crippen molar-refractivity contribution in [1.29, 1.82) is 0 Å². The molecule has 0 bridgehead atoms. The van der Waals surface area contributed by atoms with Crippen LogP contribution in [0.25, 0.3) is 0 Å². The number of rotatable bonds is 2. The first-order valence-electron chi connectivity index (χ1n) is 6.91. The maximum atomic E-state index is 12.9. The average Bonchev–Trinajstić information content (AvgIpc) is 2.15. The maximum absolute atomic E-state index is 12.9. The van der Waals surface area contributed by atoms with E-state index in [9.17, 15) is 39.5 Å². The Labute approximate surface area is 132 Å². The molecular formula is C13H18F9NO. The number of piperidine rings is 1. The molecule has 1 heterocycles. The van der Waals surface area contributed by atoms with Crippen LogP contribution in [0, 0.1) is 0 Å². The minimum atomic E-state index is -6.71. The Kier molecular flexibility index (Phi) is 5.02. The van der Waals surface area contributed by atoms with Gasteiger partial charge < -0.3 is 10.1 Å². The molecule has 144 valence electrons. The zero-order valence-corrected chi connectivity index (χ0v) is 13.3. The van der Waals surface area contributed by atoms with E-state index in [-0.39, 0.29) is 0 Å². The van der Waals surface area contributed by atoms with E-state index in [1.807, 2.05) is 0 Å². The lowest BCUT2D eigenvalue weighted by molar-refractivity contribution is -0.466. The zero-order valence-electron chi connectivity index (χ0n) is 13.3. The van der Waals surface area contributed by atoms with Crippen molar-refractivity contribution in [3.8, 4) is 0 Å². The van der Waals surface area contributed by atoms with E-state index in [0.717, 1.165) is 0 Å². The predicted molar refractivity (Wildman–Crippen MR) is 66.3 cm³/mol. The summed E-state index contributed by atoms with van der Waals surface area (Å²) in [6.07, 6.45) is -22.9. The van der Waals surface area contributed by atoms with Gasteiger partial charge in [-0.3, -0.25) is 0 Å². The van der Waals surface area contributed by atoms with Crippen LogP contribution < -0.4 is 5.32 Å². The molecule has 2 nitrogen and oxygen atoms in total. The van der Waals surface area contributed by atoms with Crippen molar-refractivity contribution < 1.29 is 44.3 Å². The second-order valence-corrected chi connectivity index (χ2v) is 7.22. The van der Waals surface area contributed by atoms with Gasteiger partial charge in [-0.15, -0.1) is 0 Å². The molecule has 1 aliphatic heterocycles. The van der Waals surface area contributed by atoms with Crippen LogP contribution in [0.1, 0.15) is 40.5 Å². The summed E-state index contributed by atoms with van der Waals surface area (Å²) in [6.45, 7) is 5.84. The fourth-order valence-corrected chi connectivity index (χ4v) is 3.24. The summed E-state index contributed by atoms with van der Waals surface area (Å²) in [4.78, 5) is 0. The van der Waals surface area contributed by atoms with Crippen LogP contribution in [0.2, 0.25) is 0 Å². The molecule has 24 heavy (non-hydrogen) atoms. The van der Waals surface area contributed by atoms with Crippen molar-refractivity contribution in [1.82, 2.24) is 5.32 Å². The minimum absolute atomic E-state index is 0.444. The molecule has 1 saturated heterocycles. The normalized spacial score (nSPS) is 23.4. The molecule has 1 N–H and O–H groups in total. The average molecular weight is 375 g/mol. The molecule has 0 aliphatic carbocycles. The maximum Gasteiger partial charge on any atom is 0.435 e. The van der Waals surface area contributed by atoms with Crippen LogP contribution in [0.5, 0.6) is 0 Å². The van der Waals surface area contributed by atoms with Crippen molar-refractivity contribution in [2.45, 2.75) is 81.8 Å². The SMILES string of the molecule is CC1(C)CC(OC(C(F)(F)F)(C(F)(F)F)C(F)(F)F)CC(C)(C)N1. The van der Waals surface area contributed by atoms with Gasteiger partial charge in [-0.25, -0.2) is 0 Å². The Balaban J connectivity index is 3.38. The molecule has 0 amide bonds. The topological polar surface area (TPSA) is 21.3 Å². The van der Waals surface area contributed by atoms with Crippen molar-refractivity contribution in [3.63, 3.8) is 0 Å². The van der Waals surface area contributed by atoms with Crippen molar-refractivity contribution in [3.05, 3.63) is 0 Å². The highest BCUT2D eigenvalue weighted by Crippen LogP contribution is 2.56. The lowest BCUT2D eigenvalue weighted by Crippen LogP contribution is -2.70. The highest BCUT2D eigenvalue weighted by Gasteiger charge is 2.86. The third kappa shape index (κ3) is 3.92. The highest BCUT2D eigenvalue weighted by molar-refractivity contribution is 5.05. The number of hydrogen-bond donors (Lipinski definition) is 1. The molecule has 0 unspecified atom stereocenters. The van der Waals surface area contributed by atoms with Gasteiger partial charge in [-0.2, -0.15) is 39.5 Å². The van der Waals surface area contributed by atoms with Crippen molar-refractivity contribution >= 4 is 0 Å². The van der Waals surface area contributed by atoms with Crippen LogP contribution in [0.4, 0.5) is 39.5 Å². The molecule has 11 heteroatoms. The Morgan fingerprint density at radius 3 is 1.25 bits per heavy atom. The molecule has 0 aromatic heterocycles. The van der Waals surface area contributed by atoms with Gasteiger partial charge in [0.15, 0.2) is 0 Å². The number of halogens is 9. The van der Waals surface area contributed by atoms with E-state index >= 15 is 0 Å². The molecule has 0 atom stereocenters. The van der Waals surface area contributed by atoms with E-state index in [1.165, 1.54) is 27.7 Å². The number of alkyl halides is 9. The van der Waals surface area contributed by atoms with Crippen LogP contribution >= 0.6 is 0 Å². The molecule has 0 aromatic carbocycles. The molecule has 0 aromatic rings. The predicted octanol–water partition coefficient (Wildman–Crippen LogP) is 4.74. The van der Waals surface area contributed by atoms with Crippen LogP contribution in [-0.2, 0) is 4.74 Å². The summed E-state index contributed by atoms with van der Waals surface area (Å²) >= 11 is 0. The van der Waals surface area contributed by atoms with Gasteiger partial charge in [0.05, 0.1) is 6.10 Å². The molecule has 1 rings (SSSR count). The molecular weight excluding hydrogens is 357 g/mol. The monoisotopic (exact) mass is 375 g/mol. The standard InChI is InChI=1S/C13H18F9NO/c1-8(2)5-7(6-9(3,4)23-8)24-10(11(14,15)16,12(17,18)19)13(20,21)22/h7,23H,5-6H2,1-4H3. The quantitative estimate of drug-likeness (QED) is 0.704. The Bertz CT molecular complexity index is 409. The van der Waals surface area contributed by atoms with Gasteiger partial charge in [0.25, 0.3) is 0 Å². The van der Waals surface area contributed by atoms with Crippen molar-refractivity contribution in [2.75, 3.05) is 0 Å². The van der Waals surface area contributed by atoms with E-state index in [1.54, 1.807) is 0 Å². The Morgan fingerprint density at radius 1 is 0.708 bits per heavy atom. The second-order valence-electron chi connectivity index (χ2n) is 7.22.